The molecule has 0 aromatic heterocycles. The minimum Gasteiger partial charge on any atom is -0.427 e. The highest BCUT2D eigenvalue weighted by molar-refractivity contribution is 7.86. The van der Waals surface area contributed by atoms with Gasteiger partial charge in [0, 0.05) is 12.1 Å². The van der Waals surface area contributed by atoms with Crippen molar-refractivity contribution in [3.8, 4) is 0 Å². The fourth-order valence-electron chi connectivity index (χ4n) is 3.94. The predicted molar refractivity (Wildman–Crippen MR) is 136 cm³/mol. The average molecular weight is 613 g/mol. The largest absolute Gasteiger partial charge is 0.452 e. The van der Waals surface area contributed by atoms with Gasteiger partial charge in [-0.1, -0.05) is 38.5 Å². The van der Waals surface area contributed by atoms with Crippen LogP contribution in [-0.4, -0.2) is 76.2 Å². The molecule has 0 unspecified atom stereocenters. The minimum atomic E-state index is -4.04. The summed E-state index contributed by atoms with van der Waals surface area (Å²) in [5, 5.41) is 16.3. The SMILES string of the molecule is O=S(=O)(O)CC1(N(Cl)Cl)CCCCC1.O=S(=O)(O)CC1(NCl)CCCCC1.OB(O)CCNCl. The minimum absolute atomic E-state index is 0.267. The Kier molecular flexibility index (Phi) is 17.1. The Hall–Kier alpha value is 0.845. The second-order valence-corrected chi connectivity index (χ2v) is 12.8. The normalized spacial score (nSPS) is 19.9. The van der Waals surface area contributed by atoms with Gasteiger partial charge in [-0.3, -0.25) is 9.11 Å². The van der Waals surface area contributed by atoms with Crippen molar-refractivity contribution in [2.75, 3.05) is 18.1 Å². The molecule has 0 radical (unpaired) electrons. The highest BCUT2D eigenvalue weighted by Gasteiger charge is 2.41. The van der Waals surface area contributed by atoms with E-state index in [-0.39, 0.29) is 12.1 Å². The third-order valence-corrected chi connectivity index (χ3v) is 8.69. The average Bonchev–Trinajstić information content (AvgIpc) is 2.72. The molecule has 2 saturated carbocycles. The lowest BCUT2D eigenvalue weighted by Crippen LogP contribution is -2.47. The summed E-state index contributed by atoms with van der Waals surface area (Å²) in [7, 11) is -9.22. The molecule has 0 heterocycles. The van der Waals surface area contributed by atoms with E-state index in [1.807, 2.05) is 0 Å². The fourth-order valence-corrected chi connectivity index (χ4v) is 7.14. The molecular formula is C16H34BCl4N3O8S2. The van der Waals surface area contributed by atoms with Crippen molar-refractivity contribution in [2.45, 2.75) is 81.6 Å². The van der Waals surface area contributed by atoms with E-state index in [1.54, 1.807) is 0 Å². The van der Waals surface area contributed by atoms with Crippen molar-refractivity contribution in [1.29, 1.82) is 0 Å². The first kappa shape index (κ1) is 34.8. The predicted octanol–water partition coefficient (Wildman–Crippen LogP) is 2.71. The van der Waals surface area contributed by atoms with Gasteiger partial charge in [0.1, 0.15) is 0 Å². The summed E-state index contributed by atoms with van der Waals surface area (Å²) in [5.41, 5.74) is -1.43. The first-order valence-electron chi connectivity index (χ1n) is 10.7. The van der Waals surface area contributed by atoms with Gasteiger partial charge in [0.05, 0.1) is 17.0 Å². The zero-order valence-corrected chi connectivity index (χ0v) is 23.3. The quantitative estimate of drug-likeness (QED) is 0.128. The van der Waals surface area contributed by atoms with Crippen LogP contribution in [0.15, 0.2) is 0 Å². The summed E-state index contributed by atoms with van der Waals surface area (Å²) >= 11 is 21.8. The van der Waals surface area contributed by atoms with Gasteiger partial charge in [-0.25, -0.2) is 9.67 Å². The molecular weight excluding hydrogens is 579 g/mol. The van der Waals surface area contributed by atoms with Gasteiger partial charge < -0.3 is 10.0 Å². The molecule has 0 aliphatic heterocycles. The molecule has 0 aromatic carbocycles. The second kappa shape index (κ2) is 16.6. The molecule has 6 N–H and O–H groups in total. The molecule has 2 aliphatic carbocycles. The summed E-state index contributed by atoms with van der Waals surface area (Å²) in [6.07, 6.45) is 8.69. The van der Waals surface area contributed by atoms with Gasteiger partial charge in [0.25, 0.3) is 20.2 Å². The van der Waals surface area contributed by atoms with E-state index in [0.29, 0.717) is 32.2 Å². The van der Waals surface area contributed by atoms with Crippen LogP contribution < -0.4 is 9.67 Å². The van der Waals surface area contributed by atoms with Crippen LogP contribution in [-0.2, 0) is 20.2 Å². The van der Waals surface area contributed by atoms with E-state index in [9.17, 15) is 16.8 Å². The van der Waals surface area contributed by atoms with Crippen molar-refractivity contribution in [3.05, 3.63) is 0 Å². The zero-order chi connectivity index (χ0) is 26.5. The van der Waals surface area contributed by atoms with Gasteiger partial charge in [-0.05, 0) is 79.1 Å². The van der Waals surface area contributed by atoms with Crippen LogP contribution in [0.1, 0.15) is 64.2 Å². The van der Waals surface area contributed by atoms with Crippen LogP contribution in [0.25, 0.3) is 0 Å². The first-order chi connectivity index (χ1) is 15.6. The Morgan fingerprint density at radius 2 is 1.24 bits per heavy atom. The van der Waals surface area contributed by atoms with Crippen molar-refractivity contribution in [1.82, 2.24) is 13.6 Å². The van der Waals surface area contributed by atoms with Gasteiger partial charge in [0.2, 0.25) is 0 Å². The molecule has 0 bridgehead atoms. The van der Waals surface area contributed by atoms with Crippen molar-refractivity contribution in [3.63, 3.8) is 0 Å². The smallest absolute Gasteiger partial charge is 0.427 e. The number of halogens is 4. The van der Waals surface area contributed by atoms with Crippen LogP contribution in [0.3, 0.4) is 0 Å². The fraction of sp³-hybridized carbons (Fsp3) is 1.00. The van der Waals surface area contributed by atoms with Gasteiger partial charge in [-0.2, -0.15) is 16.8 Å². The highest BCUT2D eigenvalue weighted by atomic mass is 35.5. The van der Waals surface area contributed by atoms with E-state index < -0.39 is 44.2 Å². The Bertz CT molecular complexity index is 766. The Balaban J connectivity index is 0.000000509. The molecule has 0 saturated heterocycles. The molecule has 18 heteroatoms. The standard InChI is InChI=1S/C7H13Cl2NO3S.C7H14ClNO3S.C2H7BClNO2/c8-10(9)7(6-14(11,12)13)4-2-1-3-5-7;8-9-7(6-13(10,11)12)4-2-1-3-5-7;4-5-2-1-3(6)7/h1-6H2,(H,11,12,13);9H,1-6H2,(H,10,11,12);5-7H,1-2H2. The maximum Gasteiger partial charge on any atom is 0.452 e. The summed E-state index contributed by atoms with van der Waals surface area (Å²) in [6.45, 7) is 0.416. The van der Waals surface area contributed by atoms with Gasteiger partial charge >= 0.3 is 7.12 Å². The number of hydrogen-bond acceptors (Lipinski definition) is 9. The second-order valence-electron chi connectivity index (χ2n) is 8.56. The molecule has 2 aliphatic rings. The topological polar surface area (TPSA) is 176 Å². The molecule has 0 amide bonds. The maximum absolute atomic E-state index is 10.8. The Labute approximate surface area is 222 Å². The molecule has 11 nitrogen and oxygen atoms in total. The maximum atomic E-state index is 10.8. The van der Waals surface area contributed by atoms with E-state index in [2.05, 4.69) is 9.67 Å². The molecule has 2 fully saturated rings. The summed E-state index contributed by atoms with van der Waals surface area (Å²) in [4.78, 5) is 4.76. The van der Waals surface area contributed by atoms with Crippen molar-refractivity contribution >= 4 is 74.5 Å². The van der Waals surface area contributed by atoms with Crippen LogP contribution in [0.4, 0.5) is 0 Å². The van der Waals surface area contributed by atoms with Crippen LogP contribution in [0, 0.1) is 0 Å². The first-order valence-corrected chi connectivity index (χ1v) is 15.3. The lowest BCUT2D eigenvalue weighted by molar-refractivity contribution is 0.223. The molecule has 2 rings (SSSR count). The summed E-state index contributed by atoms with van der Waals surface area (Å²) in [5.74, 6) is -0.684. The van der Waals surface area contributed by atoms with E-state index in [4.69, 9.17) is 66.3 Å². The lowest BCUT2D eigenvalue weighted by atomic mass is 9.84. The summed E-state index contributed by atoms with van der Waals surface area (Å²) in [6, 6.07) is 0. The Morgan fingerprint density at radius 1 is 0.794 bits per heavy atom. The van der Waals surface area contributed by atoms with Gasteiger partial charge in [0.15, 0.2) is 0 Å². The third-order valence-electron chi connectivity index (χ3n) is 5.56. The Morgan fingerprint density at radius 3 is 1.53 bits per heavy atom. The molecule has 0 spiro atoms. The zero-order valence-electron chi connectivity index (χ0n) is 18.7. The van der Waals surface area contributed by atoms with Crippen LogP contribution >= 0.6 is 47.1 Å². The van der Waals surface area contributed by atoms with E-state index >= 15 is 0 Å². The molecule has 34 heavy (non-hydrogen) atoms. The van der Waals surface area contributed by atoms with E-state index in [1.165, 1.54) is 0 Å². The van der Waals surface area contributed by atoms with Crippen molar-refractivity contribution < 1.29 is 36.0 Å². The van der Waals surface area contributed by atoms with Crippen LogP contribution in [0.5, 0.6) is 0 Å². The highest BCUT2D eigenvalue weighted by Crippen LogP contribution is 2.37. The van der Waals surface area contributed by atoms with Crippen LogP contribution in [0.2, 0.25) is 6.32 Å². The third kappa shape index (κ3) is 15.8. The van der Waals surface area contributed by atoms with Gasteiger partial charge in [-0.15, -0.1) is 3.94 Å². The number of rotatable bonds is 9. The molecule has 0 atom stereocenters. The number of nitrogens with one attached hydrogen (secondary N) is 2. The molecule has 204 valence electrons. The summed E-state index contributed by atoms with van der Waals surface area (Å²) < 4.78 is 61.5. The molecule has 0 aromatic rings. The number of nitrogens with zero attached hydrogens (tertiary/aromatic N) is 1. The monoisotopic (exact) mass is 611 g/mol. The van der Waals surface area contributed by atoms with E-state index in [0.717, 1.165) is 42.5 Å². The lowest BCUT2D eigenvalue weighted by Gasteiger charge is -2.37. The van der Waals surface area contributed by atoms with Crippen molar-refractivity contribution in [2.24, 2.45) is 0 Å². The number of hydrogen-bond donors (Lipinski definition) is 6.